The molecule has 0 aromatic rings. The van der Waals surface area contributed by atoms with Gasteiger partial charge in [0.15, 0.2) is 0 Å². The van der Waals surface area contributed by atoms with Crippen molar-refractivity contribution < 1.29 is 14.6 Å². The zero-order chi connectivity index (χ0) is 15.2. The van der Waals surface area contributed by atoms with Crippen LogP contribution < -0.4 is 10.6 Å². The van der Waals surface area contributed by atoms with Crippen LogP contribution in [0, 0.1) is 5.41 Å². The van der Waals surface area contributed by atoms with Gasteiger partial charge in [0.05, 0.1) is 5.60 Å². The fourth-order valence-corrected chi connectivity index (χ4v) is 3.47. The number of ether oxygens (including phenoxy) is 1. The van der Waals surface area contributed by atoms with Crippen LogP contribution in [0.1, 0.15) is 57.8 Å². The first-order valence-corrected chi connectivity index (χ1v) is 8.31. The average molecular weight is 298 g/mol. The van der Waals surface area contributed by atoms with Crippen LogP contribution in [-0.2, 0) is 4.74 Å². The molecule has 5 nitrogen and oxygen atoms in total. The summed E-state index contributed by atoms with van der Waals surface area (Å²) in [5.41, 5.74) is -0.463. The number of hydrogen-bond acceptors (Lipinski definition) is 3. The van der Waals surface area contributed by atoms with Crippen LogP contribution in [0.3, 0.4) is 0 Å². The predicted octanol–water partition coefficient (Wildman–Crippen LogP) is 2.19. The summed E-state index contributed by atoms with van der Waals surface area (Å²) in [6.45, 7) is 1.83. The molecule has 2 fully saturated rings. The number of carbonyl (C=O) groups is 1. The van der Waals surface area contributed by atoms with E-state index in [0.29, 0.717) is 13.1 Å². The number of urea groups is 1. The van der Waals surface area contributed by atoms with E-state index in [2.05, 4.69) is 10.6 Å². The molecule has 21 heavy (non-hydrogen) atoms. The van der Waals surface area contributed by atoms with E-state index >= 15 is 0 Å². The molecule has 2 amide bonds. The van der Waals surface area contributed by atoms with Crippen LogP contribution >= 0.6 is 0 Å². The molecule has 122 valence electrons. The molecule has 5 heteroatoms. The lowest BCUT2D eigenvalue weighted by Crippen LogP contribution is -2.50. The highest BCUT2D eigenvalue weighted by Gasteiger charge is 2.37. The summed E-state index contributed by atoms with van der Waals surface area (Å²) in [4.78, 5) is 11.9. The molecule has 2 saturated carbocycles. The number of aliphatic hydroxyl groups is 1. The summed E-state index contributed by atoms with van der Waals surface area (Å²) in [6.07, 6.45) is 9.48. The Morgan fingerprint density at radius 3 is 2.29 bits per heavy atom. The molecule has 0 saturated heterocycles. The van der Waals surface area contributed by atoms with Gasteiger partial charge in [-0.3, -0.25) is 0 Å². The van der Waals surface area contributed by atoms with E-state index in [1.54, 1.807) is 7.11 Å². The molecule has 2 aliphatic carbocycles. The second-order valence-corrected chi connectivity index (χ2v) is 6.92. The molecule has 0 aromatic heterocycles. The quantitative estimate of drug-likeness (QED) is 0.675. The lowest BCUT2D eigenvalue weighted by Gasteiger charge is -2.42. The highest BCUT2D eigenvalue weighted by molar-refractivity contribution is 5.73. The Morgan fingerprint density at radius 2 is 1.71 bits per heavy atom. The molecule has 0 bridgehead atoms. The second kappa shape index (κ2) is 7.45. The third-order valence-electron chi connectivity index (χ3n) is 5.24. The summed E-state index contributed by atoms with van der Waals surface area (Å²) < 4.78 is 5.16. The molecular weight excluding hydrogens is 268 g/mol. The smallest absolute Gasteiger partial charge is 0.314 e. The molecule has 0 aromatic carbocycles. The maximum Gasteiger partial charge on any atom is 0.314 e. The van der Waals surface area contributed by atoms with Crippen molar-refractivity contribution in [3.8, 4) is 0 Å². The molecule has 0 spiro atoms. The van der Waals surface area contributed by atoms with Crippen molar-refractivity contribution in [3.05, 3.63) is 0 Å². The maximum absolute atomic E-state index is 11.9. The second-order valence-electron chi connectivity index (χ2n) is 6.92. The van der Waals surface area contributed by atoms with Gasteiger partial charge >= 0.3 is 6.03 Å². The van der Waals surface area contributed by atoms with Crippen molar-refractivity contribution in [1.82, 2.24) is 10.6 Å². The van der Waals surface area contributed by atoms with E-state index in [4.69, 9.17) is 4.74 Å². The minimum Gasteiger partial charge on any atom is -0.388 e. The number of rotatable bonds is 7. The van der Waals surface area contributed by atoms with Crippen molar-refractivity contribution in [1.29, 1.82) is 0 Å². The number of hydrogen-bond donors (Lipinski definition) is 3. The van der Waals surface area contributed by atoms with Crippen LogP contribution in [0.15, 0.2) is 0 Å². The Hall–Kier alpha value is -0.810. The molecule has 0 aliphatic heterocycles. The summed E-state index contributed by atoms with van der Waals surface area (Å²) >= 11 is 0. The molecule has 0 radical (unpaired) electrons. The van der Waals surface area contributed by atoms with Crippen LogP contribution in [0.4, 0.5) is 4.79 Å². The number of nitrogens with one attached hydrogen (secondary N) is 2. The fourth-order valence-electron chi connectivity index (χ4n) is 3.47. The van der Waals surface area contributed by atoms with Crippen molar-refractivity contribution in [3.63, 3.8) is 0 Å². The van der Waals surface area contributed by atoms with Gasteiger partial charge in [-0.25, -0.2) is 4.79 Å². The first-order chi connectivity index (χ1) is 10.1. The monoisotopic (exact) mass is 298 g/mol. The number of carbonyl (C=O) groups excluding carboxylic acids is 1. The predicted molar refractivity (Wildman–Crippen MR) is 82.2 cm³/mol. The van der Waals surface area contributed by atoms with Gasteiger partial charge in [-0.15, -0.1) is 0 Å². The Kier molecular flexibility index (Phi) is 5.88. The van der Waals surface area contributed by atoms with Gasteiger partial charge in [-0.05, 0) is 37.5 Å². The van der Waals surface area contributed by atoms with Gasteiger partial charge in [0.2, 0.25) is 0 Å². The summed E-state index contributed by atoms with van der Waals surface area (Å²) in [5, 5.41) is 16.2. The average Bonchev–Trinajstić information content (AvgIpc) is 2.45. The van der Waals surface area contributed by atoms with Crippen LogP contribution in [-0.4, -0.2) is 43.5 Å². The van der Waals surface area contributed by atoms with Crippen LogP contribution in [0.2, 0.25) is 0 Å². The van der Waals surface area contributed by atoms with Gasteiger partial charge in [-0.2, -0.15) is 0 Å². The van der Waals surface area contributed by atoms with Gasteiger partial charge in [-0.1, -0.05) is 25.7 Å². The highest BCUT2D eigenvalue weighted by Crippen LogP contribution is 2.43. The van der Waals surface area contributed by atoms with E-state index in [1.807, 2.05) is 0 Å². The fraction of sp³-hybridized carbons (Fsp3) is 0.938. The number of methoxy groups -OCH3 is 1. The largest absolute Gasteiger partial charge is 0.388 e. The van der Waals surface area contributed by atoms with Crippen molar-refractivity contribution in [2.45, 2.75) is 63.4 Å². The normalized spacial score (nSPS) is 23.1. The standard InChI is InChI=1S/C16H30N2O3/c1-21-11-10-15(6-5-7-15)12-17-14(19)18-13-16(20)8-3-2-4-9-16/h20H,2-13H2,1H3,(H2,17,18,19). The van der Waals surface area contributed by atoms with E-state index < -0.39 is 5.60 Å². The summed E-state index contributed by atoms with van der Waals surface area (Å²) in [6, 6.07) is -0.155. The number of amides is 2. The highest BCUT2D eigenvalue weighted by atomic mass is 16.5. The minimum absolute atomic E-state index is 0.155. The maximum atomic E-state index is 11.9. The Morgan fingerprint density at radius 1 is 1.05 bits per heavy atom. The van der Waals surface area contributed by atoms with E-state index in [9.17, 15) is 9.90 Å². The molecule has 2 aliphatic rings. The van der Waals surface area contributed by atoms with Crippen molar-refractivity contribution in [2.75, 3.05) is 26.8 Å². The Bertz CT molecular complexity index is 336. The van der Waals surface area contributed by atoms with Crippen molar-refractivity contribution >= 4 is 6.03 Å². The molecule has 0 atom stereocenters. The van der Waals surface area contributed by atoms with E-state index in [1.165, 1.54) is 25.7 Å². The third kappa shape index (κ3) is 4.85. The van der Waals surface area contributed by atoms with E-state index in [-0.39, 0.29) is 11.4 Å². The zero-order valence-corrected chi connectivity index (χ0v) is 13.2. The molecule has 2 rings (SSSR count). The van der Waals surface area contributed by atoms with Gasteiger partial charge < -0.3 is 20.5 Å². The third-order valence-corrected chi connectivity index (χ3v) is 5.24. The van der Waals surface area contributed by atoms with Gasteiger partial charge in [0.25, 0.3) is 0 Å². The van der Waals surface area contributed by atoms with Crippen LogP contribution in [0.5, 0.6) is 0 Å². The topological polar surface area (TPSA) is 70.6 Å². The van der Waals surface area contributed by atoms with Gasteiger partial charge in [0, 0.05) is 26.8 Å². The Balaban J connectivity index is 1.67. The summed E-state index contributed by atoms with van der Waals surface area (Å²) in [5.74, 6) is 0. The SMILES string of the molecule is COCCC1(CNC(=O)NCC2(O)CCCCC2)CCC1. The van der Waals surface area contributed by atoms with Crippen LogP contribution in [0.25, 0.3) is 0 Å². The lowest BCUT2D eigenvalue weighted by molar-refractivity contribution is 0.00696. The first-order valence-electron chi connectivity index (χ1n) is 8.31. The zero-order valence-electron chi connectivity index (χ0n) is 13.2. The molecule has 3 N–H and O–H groups in total. The molecular formula is C16H30N2O3. The summed E-state index contributed by atoms with van der Waals surface area (Å²) in [7, 11) is 1.72. The van der Waals surface area contributed by atoms with Crippen molar-refractivity contribution in [2.24, 2.45) is 5.41 Å². The van der Waals surface area contributed by atoms with E-state index in [0.717, 1.165) is 38.7 Å². The Labute approximate surface area is 127 Å². The minimum atomic E-state index is -0.695. The first kappa shape index (κ1) is 16.6. The molecule has 0 heterocycles. The lowest BCUT2D eigenvalue weighted by atomic mass is 9.67. The van der Waals surface area contributed by atoms with Gasteiger partial charge in [0.1, 0.15) is 0 Å². The molecule has 0 unspecified atom stereocenters.